The molecule has 0 aliphatic carbocycles. The van der Waals surface area contributed by atoms with Gasteiger partial charge in [0.2, 0.25) is 5.91 Å². The highest BCUT2D eigenvalue weighted by Crippen LogP contribution is 2.22. The van der Waals surface area contributed by atoms with E-state index in [2.05, 4.69) is 5.32 Å². The molecule has 1 aromatic carbocycles. The van der Waals surface area contributed by atoms with Crippen molar-refractivity contribution in [2.24, 2.45) is 5.92 Å². The lowest BCUT2D eigenvalue weighted by Crippen LogP contribution is -2.46. The minimum atomic E-state index is -0.289. The van der Waals surface area contributed by atoms with Crippen molar-refractivity contribution in [2.45, 2.75) is 31.9 Å². The average molecular weight is 345 g/mol. The molecular weight excluding hydrogens is 318 g/mol. The number of piperidine rings is 1. The van der Waals surface area contributed by atoms with Gasteiger partial charge in [0, 0.05) is 38.6 Å². The molecule has 0 saturated carbocycles. The molecule has 1 aromatic rings. The Bertz CT molecular complexity index is 579. The standard InChI is InChI=1S/C19H27N3O3/c1-21(17-7-10-20-13-17)18(23)16-8-11-22(12-9-16)19(24)25-14-15-5-3-2-4-6-15/h2-6,16-17,20H,7-14H2,1H3/t17-/m0/s1. The molecule has 2 amide bonds. The molecule has 0 unspecified atom stereocenters. The zero-order chi connectivity index (χ0) is 17.6. The molecule has 136 valence electrons. The molecule has 2 heterocycles. The van der Waals surface area contributed by atoms with E-state index in [1.807, 2.05) is 42.3 Å². The maximum Gasteiger partial charge on any atom is 0.410 e. The summed E-state index contributed by atoms with van der Waals surface area (Å²) in [5, 5.41) is 3.30. The van der Waals surface area contributed by atoms with Crippen LogP contribution in [0.5, 0.6) is 0 Å². The molecule has 25 heavy (non-hydrogen) atoms. The number of benzene rings is 1. The molecule has 6 nitrogen and oxygen atoms in total. The largest absolute Gasteiger partial charge is 0.445 e. The maximum absolute atomic E-state index is 12.6. The molecule has 2 aliphatic heterocycles. The molecule has 2 saturated heterocycles. The summed E-state index contributed by atoms with van der Waals surface area (Å²) in [6, 6.07) is 9.97. The van der Waals surface area contributed by atoms with Crippen molar-refractivity contribution in [3.05, 3.63) is 35.9 Å². The average Bonchev–Trinajstić information content (AvgIpc) is 3.20. The summed E-state index contributed by atoms with van der Waals surface area (Å²) in [4.78, 5) is 28.4. The molecule has 0 aromatic heterocycles. The minimum absolute atomic E-state index is 0.0174. The summed E-state index contributed by atoms with van der Waals surface area (Å²) in [5.74, 6) is 0.231. The second-order valence-electron chi connectivity index (χ2n) is 6.90. The predicted octanol–water partition coefficient (Wildman–Crippen LogP) is 1.86. The Labute approximate surface area is 149 Å². The van der Waals surface area contributed by atoms with Crippen molar-refractivity contribution in [1.82, 2.24) is 15.1 Å². The fourth-order valence-electron chi connectivity index (χ4n) is 3.56. The maximum atomic E-state index is 12.6. The first-order valence-corrected chi connectivity index (χ1v) is 9.08. The number of likely N-dealkylation sites (tertiary alicyclic amines) is 1. The predicted molar refractivity (Wildman–Crippen MR) is 95.0 cm³/mol. The van der Waals surface area contributed by atoms with Crippen LogP contribution in [0.25, 0.3) is 0 Å². The highest BCUT2D eigenvalue weighted by Gasteiger charge is 2.32. The number of amides is 2. The molecule has 0 spiro atoms. The number of rotatable bonds is 4. The Morgan fingerprint density at radius 1 is 1.20 bits per heavy atom. The Morgan fingerprint density at radius 2 is 1.92 bits per heavy atom. The first kappa shape index (κ1) is 17.7. The first-order valence-electron chi connectivity index (χ1n) is 9.08. The van der Waals surface area contributed by atoms with E-state index in [1.165, 1.54) is 0 Å². The van der Waals surface area contributed by atoms with Gasteiger partial charge in [-0.15, -0.1) is 0 Å². The van der Waals surface area contributed by atoms with Crippen LogP contribution in [0.2, 0.25) is 0 Å². The molecule has 6 heteroatoms. The third-order valence-electron chi connectivity index (χ3n) is 5.24. The third-order valence-corrected chi connectivity index (χ3v) is 5.24. The molecule has 2 aliphatic rings. The van der Waals surface area contributed by atoms with E-state index >= 15 is 0 Å². The van der Waals surface area contributed by atoms with Gasteiger partial charge in [-0.3, -0.25) is 4.79 Å². The number of hydrogen-bond donors (Lipinski definition) is 1. The lowest BCUT2D eigenvalue weighted by Gasteiger charge is -2.34. The molecule has 3 rings (SSSR count). The SMILES string of the molecule is CN(C(=O)C1CCN(C(=O)OCc2ccccc2)CC1)[C@H]1CCNC1. The number of nitrogens with one attached hydrogen (secondary N) is 1. The molecule has 0 bridgehead atoms. The summed E-state index contributed by atoms with van der Waals surface area (Å²) in [6.45, 7) is 3.32. The fraction of sp³-hybridized carbons (Fsp3) is 0.579. The van der Waals surface area contributed by atoms with Crippen LogP contribution in [0.4, 0.5) is 4.79 Å². The third kappa shape index (κ3) is 4.51. The number of likely N-dealkylation sites (N-methyl/N-ethyl adjacent to an activating group) is 1. The second-order valence-corrected chi connectivity index (χ2v) is 6.90. The topological polar surface area (TPSA) is 61.9 Å². The number of carbonyl (C=O) groups excluding carboxylic acids is 2. The van der Waals surface area contributed by atoms with Crippen LogP contribution in [-0.2, 0) is 16.1 Å². The quantitative estimate of drug-likeness (QED) is 0.905. The monoisotopic (exact) mass is 345 g/mol. The van der Waals surface area contributed by atoms with E-state index in [9.17, 15) is 9.59 Å². The van der Waals surface area contributed by atoms with Crippen molar-refractivity contribution in [2.75, 3.05) is 33.2 Å². The van der Waals surface area contributed by atoms with Crippen LogP contribution < -0.4 is 5.32 Å². The number of hydrogen-bond acceptors (Lipinski definition) is 4. The van der Waals surface area contributed by atoms with Gasteiger partial charge < -0.3 is 19.9 Å². The van der Waals surface area contributed by atoms with Crippen molar-refractivity contribution in [3.8, 4) is 0 Å². The van der Waals surface area contributed by atoms with Gasteiger partial charge in [-0.2, -0.15) is 0 Å². The molecule has 2 fully saturated rings. The summed E-state index contributed by atoms with van der Waals surface area (Å²) in [7, 11) is 1.90. The van der Waals surface area contributed by atoms with Crippen LogP contribution in [-0.4, -0.2) is 61.1 Å². The zero-order valence-corrected chi connectivity index (χ0v) is 14.8. The smallest absolute Gasteiger partial charge is 0.410 e. The van der Waals surface area contributed by atoms with Gasteiger partial charge in [0.15, 0.2) is 0 Å². The van der Waals surface area contributed by atoms with E-state index in [4.69, 9.17) is 4.74 Å². The normalized spacial score (nSPS) is 21.2. The van der Waals surface area contributed by atoms with E-state index in [-0.39, 0.29) is 24.5 Å². The van der Waals surface area contributed by atoms with Crippen LogP contribution >= 0.6 is 0 Å². The van der Waals surface area contributed by atoms with Gasteiger partial charge in [0.25, 0.3) is 0 Å². The first-order chi connectivity index (χ1) is 12.1. The number of carbonyl (C=O) groups is 2. The van der Waals surface area contributed by atoms with Gasteiger partial charge in [0.05, 0.1) is 0 Å². The number of ether oxygens (including phenoxy) is 1. The summed E-state index contributed by atoms with van der Waals surface area (Å²) in [5.41, 5.74) is 0.979. The zero-order valence-electron chi connectivity index (χ0n) is 14.8. The summed E-state index contributed by atoms with van der Waals surface area (Å²) >= 11 is 0. The van der Waals surface area contributed by atoms with Crippen molar-refractivity contribution in [1.29, 1.82) is 0 Å². The van der Waals surface area contributed by atoms with E-state index in [1.54, 1.807) is 4.90 Å². The summed E-state index contributed by atoms with van der Waals surface area (Å²) < 4.78 is 5.38. The highest BCUT2D eigenvalue weighted by molar-refractivity contribution is 5.79. The van der Waals surface area contributed by atoms with Crippen molar-refractivity contribution >= 4 is 12.0 Å². The molecule has 1 atom stereocenters. The van der Waals surface area contributed by atoms with Gasteiger partial charge in [0.1, 0.15) is 6.61 Å². The van der Waals surface area contributed by atoms with Crippen LogP contribution in [0.3, 0.4) is 0 Å². The summed E-state index contributed by atoms with van der Waals surface area (Å²) in [6.07, 6.45) is 2.16. The van der Waals surface area contributed by atoms with Crippen LogP contribution in [0, 0.1) is 5.92 Å². The van der Waals surface area contributed by atoms with Gasteiger partial charge in [-0.05, 0) is 31.4 Å². The molecule has 0 radical (unpaired) electrons. The Hall–Kier alpha value is -2.08. The van der Waals surface area contributed by atoms with Gasteiger partial charge in [-0.1, -0.05) is 30.3 Å². The van der Waals surface area contributed by atoms with Gasteiger partial charge >= 0.3 is 6.09 Å². The fourth-order valence-corrected chi connectivity index (χ4v) is 3.56. The van der Waals surface area contributed by atoms with E-state index < -0.39 is 0 Å². The molecular formula is C19H27N3O3. The van der Waals surface area contributed by atoms with Crippen LogP contribution in [0.1, 0.15) is 24.8 Å². The van der Waals surface area contributed by atoms with Crippen LogP contribution in [0.15, 0.2) is 30.3 Å². The highest BCUT2D eigenvalue weighted by atomic mass is 16.6. The van der Waals surface area contributed by atoms with Gasteiger partial charge in [-0.25, -0.2) is 4.79 Å². The van der Waals surface area contributed by atoms with E-state index in [0.717, 1.165) is 25.1 Å². The Balaban J connectivity index is 1.43. The van der Waals surface area contributed by atoms with E-state index in [0.29, 0.717) is 32.0 Å². The van der Waals surface area contributed by atoms with Crippen molar-refractivity contribution < 1.29 is 14.3 Å². The lowest BCUT2D eigenvalue weighted by atomic mass is 9.95. The minimum Gasteiger partial charge on any atom is -0.445 e. The van der Waals surface area contributed by atoms with Crippen molar-refractivity contribution in [3.63, 3.8) is 0 Å². The lowest BCUT2D eigenvalue weighted by molar-refractivity contribution is -0.137. The Kier molecular flexibility index (Phi) is 5.91. The molecule has 1 N–H and O–H groups in total. The second kappa shape index (κ2) is 8.34. The number of nitrogens with zero attached hydrogens (tertiary/aromatic N) is 2. The Morgan fingerprint density at radius 3 is 2.56 bits per heavy atom.